The Bertz CT molecular complexity index is 1260. The minimum absolute atomic E-state index is 0.0423. The van der Waals surface area contributed by atoms with Crippen molar-refractivity contribution in [1.29, 1.82) is 0 Å². The summed E-state index contributed by atoms with van der Waals surface area (Å²) in [6, 6.07) is 11.9. The van der Waals surface area contributed by atoms with Crippen molar-refractivity contribution in [1.82, 2.24) is 29.9 Å². The van der Waals surface area contributed by atoms with E-state index in [1.165, 1.54) is 16.9 Å². The van der Waals surface area contributed by atoms with Crippen LogP contribution in [0, 0.1) is 5.82 Å². The molecule has 1 fully saturated rings. The molecular weight excluding hydrogens is 409 g/mol. The van der Waals surface area contributed by atoms with Gasteiger partial charge < -0.3 is 9.80 Å². The predicted octanol–water partition coefficient (Wildman–Crippen LogP) is 3.09. The molecule has 0 spiro atoms. The number of amides is 1. The number of aromatic nitrogens is 5. The Hall–Kier alpha value is -3.88. The molecule has 0 N–H and O–H groups in total. The number of nitrogens with zero attached hydrogens (tertiary/aromatic N) is 7. The molecule has 0 unspecified atom stereocenters. The van der Waals surface area contributed by atoms with E-state index in [4.69, 9.17) is 0 Å². The highest BCUT2D eigenvalue weighted by atomic mass is 19.1. The summed E-state index contributed by atoms with van der Waals surface area (Å²) in [4.78, 5) is 28.0. The number of para-hydroxylation sites is 1. The second kappa shape index (κ2) is 8.33. The zero-order valence-corrected chi connectivity index (χ0v) is 17.6. The molecule has 1 aliphatic rings. The molecule has 0 saturated carbocycles. The average molecular weight is 431 g/mol. The number of rotatable bonds is 3. The molecule has 1 aliphatic heterocycles. The number of hydrogen-bond acceptors (Lipinski definition) is 6. The maximum atomic E-state index is 13.5. The van der Waals surface area contributed by atoms with Crippen molar-refractivity contribution >= 4 is 22.8 Å². The molecule has 5 rings (SSSR count). The van der Waals surface area contributed by atoms with Gasteiger partial charge in [0.05, 0.1) is 29.2 Å². The second-order valence-corrected chi connectivity index (χ2v) is 7.83. The van der Waals surface area contributed by atoms with Gasteiger partial charge in [0, 0.05) is 37.3 Å². The molecule has 0 radical (unpaired) electrons. The third-order valence-electron chi connectivity index (χ3n) is 5.80. The Labute approximate surface area is 184 Å². The lowest BCUT2D eigenvalue weighted by atomic mass is 10.1. The summed E-state index contributed by atoms with van der Waals surface area (Å²) in [7, 11) is 0. The fourth-order valence-electron chi connectivity index (χ4n) is 4.03. The fraction of sp³-hybridized carbons (Fsp3) is 0.261. The molecule has 162 valence electrons. The normalized spacial score (nSPS) is 16.9. The summed E-state index contributed by atoms with van der Waals surface area (Å²) in [5.74, 6) is 0.228. The second-order valence-electron chi connectivity index (χ2n) is 7.83. The number of anilines is 1. The first kappa shape index (κ1) is 20.0. The van der Waals surface area contributed by atoms with E-state index in [9.17, 15) is 9.18 Å². The number of fused-ring (bicyclic) bond motifs is 1. The molecule has 3 heterocycles. The van der Waals surface area contributed by atoms with Gasteiger partial charge in [0.1, 0.15) is 5.82 Å². The quantitative estimate of drug-likeness (QED) is 0.496. The number of carbonyl (C=O) groups excluding carboxylic acids is 1. The van der Waals surface area contributed by atoms with Crippen LogP contribution in [0.15, 0.2) is 61.1 Å². The van der Waals surface area contributed by atoms with E-state index in [1.54, 1.807) is 24.7 Å². The predicted molar refractivity (Wildman–Crippen MR) is 118 cm³/mol. The van der Waals surface area contributed by atoms with Crippen molar-refractivity contribution in [2.75, 3.05) is 24.5 Å². The summed E-state index contributed by atoms with van der Waals surface area (Å²) in [5, 5.41) is 9.03. The van der Waals surface area contributed by atoms with Crippen LogP contribution in [0.25, 0.3) is 16.6 Å². The molecular formula is C23H22FN7O. The summed E-state index contributed by atoms with van der Waals surface area (Å²) in [6.45, 7) is 3.91. The summed E-state index contributed by atoms with van der Waals surface area (Å²) in [6.07, 6.45) is 5.60. The van der Waals surface area contributed by atoms with Crippen LogP contribution in [-0.4, -0.2) is 61.4 Å². The first-order valence-corrected chi connectivity index (χ1v) is 10.5. The van der Waals surface area contributed by atoms with E-state index in [0.717, 1.165) is 13.0 Å². The van der Waals surface area contributed by atoms with Crippen molar-refractivity contribution in [2.24, 2.45) is 0 Å². The van der Waals surface area contributed by atoms with E-state index in [-0.39, 0.29) is 17.8 Å². The number of halogens is 1. The highest BCUT2D eigenvalue weighted by molar-refractivity contribution is 5.98. The Morgan fingerprint density at radius 1 is 1.06 bits per heavy atom. The lowest BCUT2D eigenvalue weighted by molar-refractivity contribution is 0.0705. The van der Waals surface area contributed by atoms with Crippen molar-refractivity contribution < 1.29 is 9.18 Å². The lowest BCUT2D eigenvalue weighted by Crippen LogP contribution is -2.40. The highest BCUT2D eigenvalue weighted by Crippen LogP contribution is 2.22. The molecule has 1 saturated heterocycles. The van der Waals surface area contributed by atoms with Gasteiger partial charge in [-0.3, -0.25) is 4.79 Å². The van der Waals surface area contributed by atoms with Crippen LogP contribution in [0.2, 0.25) is 0 Å². The average Bonchev–Trinajstić information content (AvgIpc) is 3.28. The van der Waals surface area contributed by atoms with Gasteiger partial charge in [0.2, 0.25) is 5.95 Å². The molecule has 32 heavy (non-hydrogen) atoms. The molecule has 0 bridgehead atoms. The summed E-state index contributed by atoms with van der Waals surface area (Å²) in [5.41, 5.74) is 1.91. The van der Waals surface area contributed by atoms with Gasteiger partial charge in [-0.25, -0.2) is 14.4 Å². The minimum Gasteiger partial charge on any atom is -0.339 e. The topological polar surface area (TPSA) is 80.0 Å². The van der Waals surface area contributed by atoms with Gasteiger partial charge in [-0.05, 0) is 43.7 Å². The van der Waals surface area contributed by atoms with Gasteiger partial charge >= 0.3 is 0 Å². The maximum absolute atomic E-state index is 13.5. The van der Waals surface area contributed by atoms with Crippen molar-refractivity contribution in [2.45, 2.75) is 19.4 Å². The van der Waals surface area contributed by atoms with Crippen LogP contribution in [0.5, 0.6) is 0 Å². The van der Waals surface area contributed by atoms with Gasteiger partial charge in [0.25, 0.3) is 5.91 Å². The largest absolute Gasteiger partial charge is 0.339 e. The Morgan fingerprint density at radius 2 is 1.88 bits per heavy atom. The molecule has 2 aromatic heterocycles. The zero-order valence-electron chi connectivity index (χ0n) is 17.6. The molecule has 2 aromatic carbocycles. The van der Waals surface area contributed by atoms with Crippen LogP contribution in [0.3, 0.4) is 0 Å². The van der Waals surface area contributed by atoms with Crippen molar-refractivity contribution in [3.63, 3.8) is 0 Å². The third-order valence-corrected chi connectivity index (χ3v) is 5.80. The van der Waals surface area contributed by atoms with Crippen LogP contribution < -0.4 is 4.90 Å². The molecule has 1 amide bonds. The Kier molecular flexibility index (Phi) is 5.22. The number of benzene rings is 2. The third kappa shape index (κ3) is 3.77. The van der Waals surface area contributed by atoms with Gasteiger partial charge in [0.15, 0.2) is 0 Å². The Balaban J connectivity index is 1.38. The number of carbonyl (C=O) groups is 1. The monoisotopic (exact) mass is 431 g/mol. The molecule has 4 aromatic rings. The Morgan fingerprint density at radius 3 is 2.72 bits per heavy atom. The van der Waals surface area contributed by atoms with Crippen LogP contribution in [-0.2, 0) is 0 Å². The first-order valence-electron chi connectivity index (χ1n) is 10.5. The van der Waals surface area contributed by atoms with Gasteiger partial charge in [-0.15, -0.1) is 0 Å². The SMILES string of the molecule is C[C@H]1CCN(c2ncc3cc(F)ccc3n2)CCN1C(=O)c1ccccc1-n1nccn1. The van der Waals surface area contributed by atoms with Crippen LogP contribution in [0.4, 0.5) is 10.3 Å². The van der Waals surface area contributed by atoms with Crippen LogP contribution >= 0.6 is 0 Å². The molecule has 0 aliphatic carbocycles. The fourth-order valence-corrected chi connectivity index (χ4v) is 4.03. The van der Waals surface area contributed by atoms with E-state index in [2.05, 4.69) is 32.0 Å². The van der Waals surface area contributed by atoms with E-state index in [0.29, 0.717) is 41.2 Å². The van der Waals surface area contributed by atoms with E-state index in [1.807, 2.05) is 29.2 Å². The van der Waals surface area contributed by atoms with Gasteiger partial charge in [-0.1, -0.05) is 12.1 Å². The smallest absolute Gasteiger partial charge is 0.256 e. The lowest BCUT2D eigenvalue weighted by Gasteiger charge is -2.27. The minimum atomic E-state index is -0.308. The van der Waals surface area contributed by atoms with E-state index >= 15 is 0 Å². The highest BCUT2D eigenvalue weighted by Gasteiger charge is 2.28. The van der Waals surface area contributed by atoms with Crippen molar-refractivity contribution in [3.8, 4) is 5.69 Å². The molecule has 1 atom stereocenters. The molecule has 9 heteroatoms. The first-order chi connectivity index (χ1) is 15.6. The zero-order chi connectivity index (χ0) is 22.1. The van der Waals surface area contributed by atoms with Crippen molar-refractivity contribution in [3.05, 3.63) is 72.4 Å². The summed E-state index contributed by atoms with van der Waals surface area (Å²) >= 11 is 0. The summed E-state index contributed by atoms with van der Waals surface area (Å²) < 4.78 is 13.5. The van der Waals surface area contributed by atoms with Crippen LogP contribution in [0.1, 0.15) is 23.7 Å². The van der Waals surface area contributed by atoms with Gasteiger partial charge in [-0.2, -0.15) is 15.0 Å². The van der Waals surface area contributed by atoms with E-state index < -0.39 is 0 Å². The standard InChI is InChI=1S/C23H22FN7O/c1-16-8-11-29(23-25-15-17-14-18(24)6-7-20(17)28-23)12-13-30(16)22(32)19-4-2-3-5-21(19)31-26-9-10-27-31/h2-7,9-10,14-16H,8,11-13H2,1H3/t16-/m0/s1. The molecule has 8 nitrogen and oxygen atoms in total. The number of hydrogen-bond donors (Lipinski definition) is 0. The maximum Gasteiger partial charge on any atom is 0.256 e.